The van der Waals surface area contributed by atoms with Gasteiger partial charge in [0.05, 0.1) is 33.1 Å². The van der Waals surface area contributed by atoms with Crippen molar-refractivity contribution < 1.29 is 13.7 Å². The summed E-state index contributed by atoms with van der Waals surface area (Å²) in [6.07, 6.45) is 2.13. The van der Waals surface area contributed by atoms with Crippen molar-refractivity contribution in [2.75, 3.05) is 12.8 Å². The molecule has 0 saturated carbocycles. The highest BCUT2D eigenvalue weighted by Crippen LogP contribution is 2.19. The van der Waals surface area contributed by atoms with Gasteiger partial charge >= 0.3 is 6.09 Å². The fourth-order valence-corrected chi connectivity index (χ4v) is 3.70. The van der Waals surface area contributed by atoms with Crippen LogP contribution in [0.1, 0.15) is 11.3 Å². The van der Waals surface area contributed by atoms with Crippen molar-refractivity contribution in [1.82, 2.24) is 15.1 Å². The minimum Gasteiger partial charge on any atom is -0.443 e. The maximum atomic E-state index is 12.8. The molecule has 1 N–H and O–H groups in total. The number of hydrogen-bond donors (Lipinski definition) is 1. The van der Waals surface area contributed by atoms with Crippen molar-refractivity contribution >= 4 is 15.8 Å². The van der Waals surface area contributed by atoms with Crippen molar-refractivity contribution in [3.63, 3.8) is 0 Å². The number of carbonyl (C=O) groups excluding carboxylic acids is 1. The summed E-state index contributed by atoms with van der Waals surface area (Å²) >= 11 is 0. The molecule has 1 aromatic carbocycles. The molecule has 0 radical (unpaired) electrons. The Balaban J connectivity index is 1.76. The van der Waals surface area contributed by atoms with Crippen LogP contribution in [0.15, 0.2) is 45.8 Å². The number of nitrogens with zero attached hydrogens (tertiary/aromatic N) is 3. The van der Waals surface area contributed by atoms with E-state index in [-0.39, 0.29) is 6.61 Å². The van der Waals surface area contributed by atoms with Gasteiger partial charge in [0.15, 0.2) is 0 Å². The number of hydrogen-bond acceptors (Lipinski definition) is 5. The topological polar surface area (TPSA) is 85.6 Å². The lowest BCUT2D eigenvalue weighted by Gasteiger charge is -2.16. The van der Waals surface area contributed by atoms with Gasteiger partial charge in [0.1, 0.15) is 6.61 Å². The molecule has 2 heterocycles. The van der Waals surface area contributed by atoms with E-state index in [9.17, 15) is 9.00 Å². The van der Waals surface area contributed by atoms with Crippen LogP contribution in [0.2, 0.25) is 0 Å². The van der Waals surface area contributed by atoms with Crippen molar-refractivity contribution in [2.24, 2.45) is 4.36 Å². The van der Waals surface area contributed by atoms with Crippen molar-refractivity contribution in [3.05, 3.63) is 47.8 Å². The highest BCUT2D eigenvalue weighted by molar-refractivity contribution is 7.93. The van der Waals surface area contributed by atoms with Gasteiger partial charge in [-0.15, -0.1) is 4.36 Å². The van der Waals surface area contributed by atoms with E-state index in [1.54, 1.807) is 4.68 Å². The maximum absolute atomic E-state index is 12.8. The van der Waals surface area contributed by atoms with Crippen LogP contribution in [-0.4, -0.2) is 32.9 Å². The van der Waals surface area contributed by atoms with Gasteiger partial charge in [0.2, 0.25) is 0 Å². The Morgan fingerprint density at radius 1 is 1.43 bits per heavy atom. The first-order chi connectivity index (χ1) is 11.1. The number of carbonyl (C=O) groups is 1. The van der Waals surface area contributed by atoms with Gasteiger partial charge in [0, 0.05) is 19.3 Å². The quantitative estimate of drug-likeness (QED) is 0.925. The summed E-state index contributed by atoms with van der Waals surface area (Å²) in [7, 11) is -2.88. The van der Waals surface area contributed by atoms with E-state index in [0.29, 0.717) is 18.0 Å². The Morgan fingerprint density at radius 2 is 2.22 bits per heavy atom. The highest BCUT2D eigenvalue weighted by Gasteiger charge is 2.21. The molecule has 0 aliphatic carbocycles. The van der Waals surface area contributed by atoms with Crippen LogP contribution in [0.25, 0.3) is 0 Å². The molecule has 1 amide bonds. The third kappa shape index (κ3) is 3.59. The molecule has 7 nitrogen and oxygen atoms in total. The van der Waals surface area contributed by atoms with Gasteiger partial charge in [-0.25, -0.2) is 9.00 Å². The molecule has 8 heteroatoms. The van der Waals surface area contributed by atoms with E-state index in [1.807, 2.05) is 30.3 Å². The Labute approximate surface area is 134 Å². The lowest BCUT2D eigenvalue weighted by atomic mass is 10.2. The number of ether oxygens (including phenoxy) is 1. The zero-order valence-corrected chi connectivity index (χ0v) is 13.6. The Kier molecular flexibility index (Phi) is 4.44. The molecule has 122 valence electrons. The van der Waals surface area contributed by atoms with Gasteiger partial charge in [-0.3, -0.25) is 4.68 Å². The third-order valence-electron chi connectivity index (χ3n) is 3.57. The van der Waals surface area contributed by atoms with E-state index in [2.05, 4.69) is 14.8 Å². The molecule has 1 aliphatic heterocycles. The lowest BCUT2D eigenvalue weighted by molar-refractivity contribution is 0.151. The lowest BCUT2D eigenvalue weighted by Crippen LogP contribution is -2.29. The van der Waals surface area contributed by atoms with Crippen LogP contribution in [0.5, 0.6) is 0 Å². The zero-order valence-electron chi connectivity index (χ0n) is 12.8. The molecule has 1 unspecified atom stereocenters. The Bertz CT molecular complexity index is 823. The second-order valence-corrected chi connectivity index (χ2v) is 7.52. The first-order valence-electron chi connectivity index (χ1n) is 7.24. The molecule has 1 atom stereocenters. The molecule has 23 heavy (non-hydrogen) atoms. The summed E-state index contributed by atoms with van der Waals surface area (Å²) < 4.78 is 23.4. The average molecular weight is 334 g/mol. The first kappa shape index (κ1) is 15.7. The predicted octanol–water partition coefficient (Wildman–Crippen LogP) is 1.78. The van der Waals surface area contributed by atoms with E-state index in [1.165, 1.54) is 12.5 Å². The van der Waals surface area contributed by atoms with Crippen molar-refractivity contribution in [2.45, 2.75) is 24.6 Å². The minimum atomic E-state index is -2.88. The van der Waals surface area contributed by atoms with E-state index in [4.69, 9.17) is 4.74 Å². The minimum absolute atomic E-state index is 0.104. The molecule has 0 fully saturated rings. The fraction of sp³-hybridized carbons (Fsp3) is 0.333. The third-order valence-corrected chi connectivity index (χ3v) is 5.22. The van der Waals surface area contributed by atoms with E-state index < -0.39 is 15.8 Å². The number of nitrogens with one attached hydrogen (secondary N) is 1. The standard InChI is InChI=1S/C15H18N4O3S/c1-23(21,14-10-17-19-8-7-16-9-13(14)19)18-15(20)22-11-12-5-3-2-4-6-12/h2-6,10,16H,7-9,11H2,1H3. The van der Waals surface area contributed by atoms with Crippen LogP contribution in [-0.2, 0) is 34.2 Å². The molecular formula is C15H18N4O3S. The SMILES string of the molecule is CS(=O)(=NC(=O)OCc1ccccc1)c1cnn2c1CNCC2. The van der Waals surface area contributed by atoms with E-state index >= 15 is 0 Å². The average Bonchev–Trinajstić information content (AvgIpc) is 2.98. The van der Waals surface area contributed by atoms with E-state index in [0.717, 1.165) is 17.8 Å². The molecular weight excluding hydrogens is 316 g/mol. The number of fused-ring (bicyclic) bond motifs is 1. The summed E-state index contributed by atoms with van der Waals surface area (Å²) in [4.78, 5) is 12.4. The molecule has 0 bridgehead atoms. The largest absolute Gasteiger partial charge is 0.443 e. The zero-order chi connectivity index (χ0) is 16.3. The van der Waals surface area contributed by atoms with Crippen LogP contribution in [0.4, 0.5) is 4.79 Å². The van der Waals surface area contributed by atoms with Crippen LogP contribution >= 0.6 is 0 Å². The molecule has 1 aliphatic rings. The normalized spacial score (nSPS) is 16.2. The number of aromatic nitrogens is 2. The van der Waals surface area contributed by atoms with Gasteiger partial charge in [-0.1, -0.05) is 30.3 Å². The van der Waals surface area contributed by atoms with Crippen LogP contribution < -0.4 is 5.32 Å². The molecule has 0 spiro atoms. The van der Waals surface area contributed by atoms with Gasteiger partial charge < -0.3 is 10.1 Å². The molecule has 0 saturated heterocycles. The highest BCUT2D eigenvalue weighted by atomic mass is 32.2. The maximum Gasteiger partial charge on any atom is 0.442 e. The summed E-state index contributed by atoms with van der Waals surface area (Å²) in [5.41, 5.74) is 1.66. The Hall–Kier alpha value is -2.19. The van der Waals surface area contributed by atoms with Crippen LogP contribution in [0.3, 0.4) is 0 Å². The summed E-state index contributed by atoms with van der Waals surface area (Å²) in [5, 5.41) is 7.40. The van der Waals surface area contributed by atoms with Gasteiger partial charge in [-0.05, 0) is 5.56 Å². The monoisotopic (exact) mass is 334 g/mol. The summed E-state index contributed by atoms with van der Waals surface area (Å²) in [6, 6.07) is 9.28. The molecule has 2 aromatic rings. The van der Waals surface area contributed by atoms with Crippen molar-refractivity contribution in [1.29, 1.82) is 0 Å². The summed E-state index contributed by atoms with van der Waals surface area (Å²) in [5.74, 6) is 0. The Morgan fingerprint density at radius 3 is 3.00 bits per heavy atom. The smallest absolute Gasteiger partial charge is 0.442 e. The second kappa shape index (κ2) is 6.51. The second-order valence-electron chi connectivity index (χ2n) is 5.29. The van der Waals surface area contributed by atoms with Gasteiger partial charge in [0.25, 0.3) is 0 Å². The van der Waals surface area contributed by atoms with Crippen LogP contribution in [0, 0.1) is 0 Å². The number of amides is 1. The van der Waals surface area contributed by atoms with Crippen molar-refractivity contribution in [3.8, 4) is 0 Å². The fourth-order valence-electron chi connectivity index (χ4n) is 2.41. The predicted molar refractivity (Wildman–Crippen MR) is 85.3 cm³/mol. The number of rotatable bonds is 3. The first-order valence-corrected chi connectivity index (χ1v) is 9.17. The summed E-state index contributed by atoms with van der Waals surface area (Å²) in [6.45, 7) is 2.19. The molecule has 1 aromatic heterocycles. The number of benzene rings is 1. The van der Waals surface area contributed by atoms with Gasteiger partial charge in [-0.2, -0.15) is 5.10 Å². The molecule has 3 rings (SSSR count).